The number of hydrogen-bond acceptors (Lipinski definition) is 2. The zero-order valence-electron chi connectivity index (χ0n) is 6.50. The largest absolute Gasteiger partial charge is 0.368 e. The first kappa shape index (κ1) is 10.3. The zero-order chi connectivity index (χ0) is 10.0. The Kier molecular flexibility index (Phi) is 3.17. The molecule has 0 saturated heterocycles. The fraction of sp³-hybridized carbons (Fsp3) is 0.125. The van der Waals surface area contributed by atoms with E-state index < -0.39 is 17.0 Å². The van der Waals surface area contributed by atoms with E-state index in [9.17, 15) is 9.18 Å². The number of amides is 1. The van der Waals surface area contributed by atoms with E-state index >= 15 is 0 Å². The van der Waals surface area contributed by atoms with Crippen LogP contribution in [0, 0.1) is 5.82 Å². The lowest BCUT2D eigenvalue weighted by molar-refractivity contribution is -0.117. The third-order valence-corrected chi connectivity index (χ3v) is 2.39. The van der Waals surface area contributed by atoms with Crippen molar-refractivity contribution < 1.29 is 9.18 Å². The van der Waals surface area contributed by atoms with E-state index in [0.717, 1.165) is 6.07 Å². The summed E-state index contributed by atoms with van der Waals surface area (Å²) in [6.07, 6.45) is 0. The molecule has 0 aliphatic rings. The standard InChI is InChI=1S/C8H7ClFNOS/c9-5-2-1-4(3-6(5)10)7(13)8(11)12/h1-3,7,13H,(H2,11,12). The highest BCUT2D eigenvalue weighted by Crippen LogP contribution is 2.23. The van der Waals surface area contributed by atoms with Crippen molar-refractivity contribution in [1.82, 2.24) is 0 Å². The van der Waals surface area contributed by atoms with E-state index in [1.165, 1.54) is 12.1 Å². The molecule has 70 valence electrons. The predicted molar refractivity (Wildman–Crippen MR) is 52.3 cm³/mol. The van der Waals surface area contributed by atoms with Gasteiger partial charge in [-0.2, -0.15) is 12.6 Å². The minimum Gasteiger partial charge on any atom is -0.368 e. The molecule has 1 aromatic rings. The first-order valence-corrected chi connectivity index (χ1v) is 4.34. The molecule has 5 heteroatoms. The lowest BCUT2D eigenvalue weighted by Crippen LogP contribution is -2.17. The highest BCUT2D eigenvalue weighted by Gasteiger charge is 2.13. The van der Waals surface area contributed by atoms with E-state index in [0.29, 0.717) is 5.56 Å². The van der Waals surface area contributed by atoms with E-state index in [1.807, 2.05) is 0 Å². The molecule has 1 aromatic carbocycles. The molecule has 0 heterocycles. The zero-order valence-corrected chi connectivity index (χ0v) is 8.15. The highest BCUT2D eigenvalue weighted by atomic mass is 35.5. The van der Waals surface area contributed by atoms with Crippen LogP contribution in [0.1, 0.15) is 10.8 Å². The number of halogens is 2. The Balaban J connectivity index is 3.03. The van der Waals surface area contributed by atoms with Crippen LogP contribution >= 0.6 is 24.2 Å². The molecule has 0 bridgehead atoms. The maximum Gasteiger partial charge on any atom is 0.234 e. The van der Waals surface area contributed by atoms with Crippen molar-refractivity contribution >= 4 is 30.1 Å². The molecular formula is C8H7ClFNOS. The molecule has 13 heavy (non-hydrogen) atoms. The summed E-state index contributed by atoms with van der Waals surface area (Å²) in [5.41, 5.74) is 5.39. The van der Waals surface area contributed by atoms with Crippen LogP contribution in [0.2, 0.25) is 5.02 Å². The van der Waals surface area contributed by atoms with Crippen molar-refractivity contribution in [1.29, 1.82) is 0 Å². The second-order valence-corrected chi connectivity index (χ2v) is 3.40. The summed E-state index contributed by atoms with van der Waals surface area (Å²) in [5, 5.41) is -0.791. The van der Waals surface area contributed by atoms with Crippen molar-refractivity contribution in [2.45, 2.75) is 5.25 Å². The quantitative estimate of drug-likeness (QED) is 0.734. The molecule has 0 radical (unpaired) electrons. The summed E-state index contributed by atoms with van der Waals surface area (Å²) < 4.78 is 12.9. The lowest BCUT2D eigenvalue weighted by atomic mass is 10.1. The highest BCUT2D eigenvalue weighted by molar-refractivity contribution is 7.81. The van der Waals surface area contributed by atoms with Gasteiger partial charge in [-0.3, -0.25) is 4.79 Å². The molecule has 1 unspecified atom stereocenters. The summed E-state index contributed by atoms with van der Waals surface area (Å²) in [5.74, 6) is -1.20. The van der Waals surface area contributed by atoms with Gasteiger partial charge in [0, 0.05) is 0 Å². The van der Waals surface area contributed by atoms with Crippen LogP contribution in [-0.2, 0) is 4.79 Å². The van der Waals surface area contributed by atoms with Crippen molar-refractivity contribution in [3.63, 3.8) is 0 Å². The normalized spacial score (nSPS) is 12.5. The van der Waals surface area contributed by atoms with Crippen LogP contribution < -0.4 is 5.73 Å². The first-order chi connectivity index (χ1) is 6.02. The van der Waals surface area contributed by atoms with Gasteiger partial charge in [-0.1, -0.05) is 17.7 Å². The molecule has 0 aliphatic carbocycles. The van der Waals surface area contributed by atoms with Gasteiger partial charge in [0.25, 0.3) is 0 Å². The Morgan fingerprint density at radius 1 is 1.62 bits per heavy atom. The van der Waals surface area contributed by atoms with Crippen molar-refractivity contribution in [3.05, 3.63) is 34.6 Å². The molecule has 0 fully saturated rings. The van der Waals surface area contributed by atoms with Gasteiger partial charge in [-0.05, 0) is 17.7 Å². The molecule has 2 nitrogen and oxygen atoms in total. The number of hydrogen-bond donors (Lipinski definition) is 2. The Labute approximate surface area is 85.3 Å². The van der Waals surface area contributed by atoms with Gasteiger partial charge in [0.2, 0.25) is 5.91 Å². The molecule has 0 saturated carbocycles. The topological polar surface area (TPSA) is 43.1 Å². The van der Waals surface area contributed by atoms with Crippen LogP contribution in [0.5, 0.6) is 0 Å². The fourth-order valence-corrected chi connectivity index (χ4v) is 1.12. The summed E-state index contributed by atoms with van der Waals surface area (Å²) in [4.78, 5) is 10.7. The van der Waals surface area contributed by atoms with Gasteiger partial charge in [0.05, 0.1) is 5.02 Å². The monoisotopic (exact) mass is 219 g/mol. The van der Waals surface area contributed by atoms with Gasteiger partial charge < -0.3 is 5.73 Å². The summed E-state index contributed by atoms with van der Waals surface area (Å²) >= 11 is 9.36. The van der Waals surface area contributed by atoms with Crippen LogP contribution in [-0.4, -0.2) is 5.91 Å². The average Bonchev–Trinajstić information content (AvgIpc) is 2.08. The number of benzene rings is 1. The summed E-state index contributed by atoms with van der Waals surface area (Å²) in [7, 11) is 0. The van der Waals surface area contributed by atoms with E-state index in [1.54, 1.807) is 0 Å². The number of thiol groups is 1. The molecule has 1 rings (SSSR count). The minimum absolute atomic E-state index is 0.00811. The van der Waals surface area contributed by atoms with Crippen LogP contribution in [0.25, 0.3) is 0 Å². The predicted octanol–water partition coefficient (Wildman–Crippen LogP) is 1.94. The number of rotatable bonds is 2. The minimum atomic E-state index is -0.799. The van der Waals surface area contributed by atoms with E-state index in [2.05, 4.69) is 12.6 Å². The van der Waals surface area contributed by atoms with Gasteiger partial charge in [0.1, 0.15) is 11.1 Å². The first-order valence-electron chi connectivity index (χ1n) is 3.44. The number of carbonyl (C=O) groups is 1. The Morgan fingerprint density at radius 2 is 2.23 bits per heavy atom. The number of nitrogens with two attached hydrogens (primary N) is 1. The fourth-order valence-electron chi connectivity index (χ4n) is 0.847. The van der Waals surface area contributed by atoms with Crippen LogP contribution in [0.3, 0.4) is 0 Å². The van der Waals surface area contributed by atoms with Crippen molar-refractivity contribution in [2.75, 3.05) is 0 Å². The maximum atomic E-state index is 12.9. The molecule has 2 N–H and O–H groups in total. The second-order valence-electron chi connectivity index (χ2n) is 2.48. The molecular weight excluding hydrogens is 213 g/mol. The van der Waals surface area contributed by atoms with Crippen LogP contribution in [0.4, 0.5) is 4.39 Å². The second kappa shape index (κ2) is 3.98. The third kappa shape index (κ3) is 2.35. The average molecular weight is 220 g/mol. The third-order valence-electron chi connectivity index (χ3n) is 1.53. The van der Waals surface area contributed by atoms with Crippen LogP contribution in [0.15, 0.2) is 18.2 Å². The Morgan fingerprint density at radius 3 is 2.69 bits per heavy atom. The Hall–Kier alpha value is -0.740. The number of carbonyl (C=O) groups excluding carboxylic acids is 1. The molecule has 0 aromatic heterocycles. The van der Waals surface area contributed by atoms with E-state index in [4.69, 9.17) is 17.3 Å². The van der Waals surface area contributed by atoms with E-state index in [-0.39, 0.29) is 5.02 Å². The van der Waals surface area contributed by atoms with Gasteiger partial charge in [-0.25, -0.2) is 4.39 Å². The summed E-state index contributed by atoms with van der Waals surface area (Å²) in [6, 6.07) is 4.01. The Bertz CT molecular complexity index is 345. The maximum absolute atomic E-state index is 12.9. The molecule has 0 aliphatic heterocycles. The van der Waals surface area contributed by atoms with Gasteiger partial charge >= 0.3 is 0 Å². The van der Waals surface area contributed by atoms with Gasteiger partial charge in [-0.15, -0.1) is 0 Å². The molecule has 1 amide bonds. The molecule has 1 atom stereocenters. The van der Waals surface area contributed by atoms with Crippen molar-refractivity contribution in [2.24, 2.45) is 5.73 Å². The lowest BCUT2D eigenvalue weighted by Gasteiger charge is -2.06. The SMILES string of the molecule is NC(=O)C(S)c1ccc(Cl)c(F)c1. The smallest absolute Gasteiger partial charge is 0.234 e. The summed E-state index contributed by atoms with van der Waals surface area (Å²) in [6.45, 7) is 0. The van der Waals surface area contributed by atoms with Crippen molar-refractivity contribution in [3.8, 4) is 0 Å². The molecule has 0 spiro atoms. The van der Waals surface area contributed by atoms with Gasteiger partial charge in [0.15, 0.2) is 0 Å². The number of primary amides is 1.